The predicted octanol–water partition coefficient (Wildman–Crippen LogP) is 0.997. The number of nitrogens with one attached hydrogen (secondary N) is 1. The molecule has 0 saturated heterocycles. The van der Waals surface area contributed by atoms with E-state index in [-0.39, 0.29) is 28.9 Å². The fraction of sp³-hybridized carbons (Fsp3) is 0.143. The van der Waals surface area contributed by atoms with Crippen LogP contribution >= 0.6 is 0 Å². The quantitative estimate of drug-likeness (QED) is 0.877. The zero-order valence-corrected chi connectivity index (χ0v) is 12.2. The van der Waals surface area contributed by atoms with Crippen molar-refractivity contribution in [3.8, 4) is 0 Å². The number of aromatic nitrogens is 1. The minimum absolute atomic E-state index is 0.239. The molecule has 1 aromatic carbocycles. The van der Waals surface area contributed by atoms with E-state index in [1.54, 1.807) is 30.3 Å². The van der Waals surface area contributed by atoms with Gasteiger partial charge in [0.2, 0.25) is 0 Å². The molecule has 2 aromatic rings. The molecular formula is C14H15N3O3S. The van der Waals surface area contributed by atoms with Crippen LogP contribution in [0.3, 0.4) is 0 Å². The maximum atomic E-state index is 11.9. The molecule has 1 amide bonds. The van der Waals surface area contributed by atoms with Gasteiger partial charge in [-0.3, -0.25) is 4.79 Å². The number of hydrogen-bond donors (Lipinski definition) is 2. The van der Waals surface area contributed by atoms with Gasteiger partial charge < -0.3 is 11.1 Å². The van der Waals surface area contributed by atoms with E-state index < -0.39 is 9.84 Å². The van der Waals surface area contributed by atoms with Crippen molar-refractivity contribution in [3.63, 3.8) is 0 Å². The van der Waals surface area contributed by atoms with E-state index in [1.807, 2.05) is 0 Å². The molecule has 1 aromatic heterocycles. The van der Waals surface area contributed by atoms with Gasteiger partial charge in [-0.05, 0) is 29.8 Å². The monoisotopic (exact) mass is 305 g/mol. The smallest absolute Gasteiger partial charge is 0.270 e. The molecule has 6 nitrogen and oxygen atoms in total. The average molecular weight is 305 g/mol. The first-order valence-corrected chi connectivity index (χ1v) is 8.05. The number of anilines is 1. The van der Waals surface area contributed by atoms with Crippen molar-refractivity contribution in [2.75, 3.05) is 12.0 Å². The minimum Gasteiger partial charge on any atom is -0.384 e. The first kappa shape index (κ1) is 15.0. The second kappa shape index (κ2) is 5.92. The van der Waals surface area contributed by atoms with E-state index in [0.717, 1.165) is 11.8 Å². The summed E-state index contributed by atoms with van der Waals surface area (Å²) in [6, 6.07) is 11.1. The molecule has 0 fully saturated rings. The normalized spacial score (nSPS) is 11.1. The number of carbonyl (C=O) groups excluding carboxylic acids is 1. The summed E-state index contributed by atoms with van der Waals surface area (Å²) in [5.74, 6) is -0.0605. The van der Waals surface area contributed by atoms with Crippen LogP contribution in [0.2, 0.25) is 0 Å². The molecule has 0 saturated carbocycles. The second-order valence-corrected chi connectivity index (χ2v) is 6.56. The molecule has 0 radical (unpaired) electrons. The molecule has 21 heavy (non-hydrogen) atoms. The Morgan fingerprint density at radius 3 is 2.43 bits per heavy atom. The van der Waals surface area contributed by atoms with Gasteiger partial charge in [0.1, 0.15) is 11.5 Å². The molecule has 0 spiro atoms. The lowest BCUT2D eigenvalue weighted by molar-refractivity contribution is 0.0946. The number of pyridine rings is 1. The number of benzene rings is 1. The molecule has 2 rings (SSSR count). The molecule has 0 aliphatic heterocycles. The van der Waals surface area contributed by atoms with Crippen molar-refractivity contribution in [3.05, 3.63) is 53.7 Å². The predicted molar refractivity (Wildman–Crippen MR) is 79.4 cm³/mol. The first-order valence-electron chi connectivity index (χ1n) is 6.16. The van der Waals surface area contributed by atoms with Gasteiger partial charge in [-0.25, -0.2) is 13.4 Å². The van der Waals surface area contributed by atoms with Crippen LogP contribution in [0.4, 0.5) is 5.82 Å². The third kappa shape index (κ3) is 4.03. The zero-order chi connectivity index (χ0) is 15.5. The summed E-state index contributed by atoms with van der Waals surface area (Å²) in [5.41, 5.74) is 6.54. The topological polar surface area (TPSA) is 102 Å². The van der Waals surface area contributed by atoms with E-state index in [0.29, 0.717) is 0 Å². The summed E-state index contributed by atoms with van der Waals surface area (Å²) >= 11 is 0. The molecule has 110 valence electrons. The Bertz CT molecular complexity index is 755. The van der Waals surface area contributed by atoms with Crippen molar-refractivity contribution in [1.82, 2.24) is 10.3 Å². The zero-order valence-electron chi connectivity index (χ0n) is 11.4. The van der Waals surface area contributed by atoms with Crippen LogP contribution < -0.4 is 11.1 Å². The maximum Gasteiger partial charge on any atom is 0.270 e. The van der Waals surface area contributed by atoms with Crippen LogP contribution in [-0.2, 0) is 16.4 Å². The molecular weight excluding hydrogens is 290 g/mol. The van der Waals surface area contributed by atoms with Crippen LogP contribution in [-0.4, -0.2) is 25.6 Å². The van der Waals surface area contributed by atoms with Gasteiger partial charge in [-0.2, -0.15) is 0 Å². The van der Waals surface area contributed by atoms with Gasteiger partial charge >= 0.3 is 0 Å². The van der Waals surface area contributed by atoms with E-state index in [2.05, 4.69) is 10.3 Å². The number of nitrogens with zero attached hydrogens (tertiary/aromatic N) is 1. The van der Waals surface area contributed by atoms with E-state index in [1.165, 1.54) is 12.1 Å². The Morgan fingerprint density at radius 2 is 1.86 bits per heavy atom. The molecule has 0 aliphatic carbocycles. The number of amides is 1. The van der Waals surface area contributed by atoms with Crippen molar-refractivity contribution in [2.45, 2.75) is 11.4 Å². The summed E-state index contributed by atoms with van der Waals surface area (Å²) in [6.07, 6.45) is 1.15. The molecule has 1 heterocycles. The van der Waals surface area contributed by atoms with Gasteiger partial charge in [0.05, 0.1) is 4.90 Å². The lowest BCUT2D eigenvalue weighted by atomic mass is 10.2. The lowest BCUT2D eigenvalue weighted by Gasteiger charge is -2.06. The number of rotatable bonds is 4. The highest BCUT2D eigenvalue weighted by Crippen LogP contribution is 2.10. The minimum atomic E-state index is -3.21. The second-order valence-electron chi connectivity index (χ2n) is 4.55. The third-order valence-corrected chi connectivity index (χ3v) is 3.94. The van der Waals surface area contributed by atoms with Crippen molar-refractivity contribution >= 4 is 21.6 Å². The van der Waals surface area contributed by atoms with Gasteiger partial charge in [-0.15, -0.1) is 0 Å². The Kier molecular flexibility index (Phi) is 4.23. The van der Waals surface area contributed by atoms with Crippen LogP contribution in [0.5, 0.6) is 0 Å². The Labute approximate surface area is 122 Å². The Morgan fingerprint density at radius 1 is 1.19 bits per heavy atom. The van der Waals surface area contributed by atoms with Gasteiger partial charge in [0, 0.05) is 12.8 Å². The van der Waals surface area contributed by atoms with E-state index >= 15 is 0 Å². The summed E-state index contributed by atoms with van der Waals surface area (Å²) in [6.45, 7) is 0.277. The summed E-state index contributed by atoms with van der Waals surface area (Å²) < 4.78 is 22.7. The molecule has 0 atom stereocenters. The fourth-order valence-corrected chi connectivity index (χ4v) is 2.34. The van der Waals surface area contributed by atoms with Crippen LogP contribution in [0.15, 0.2) is 47.4 Å². The Hall–Kier alpha value is -2.41. The largest absolute Gasteiger partial charge is 0.384 e. The summed E-state index contributed by atoms with van der Waals surface area (Å²) in [4.78, 5) is 16.0. The number of sulfone groups is 1. The van der Waals surface area contributed by atoms with E-state index in [9.17, 15) is 13.2 Å². The number of carbonyl (C=O) groups is 1. The molecule has 0 bridgehead atoms. The van der Waals surface area contributed by atoms with Gasteiger partial charge in [0.25, 0.3) is 5.91 Å². The van der Waals surface area contributed by atoms with E-state index in [4.69, 9.17) is 5.73 Å². The molecule has 7 heteroatoms. The first-order chi connectivity index (χ1) is 9.86. The highest BCUT2D eigenvalue weighted by Gasteiger charge is 2.08. The third-order valence-electron chi connectivity index (χ3n) is 2.81. The van der Waals surface area contributed by atoms with Crippen LogP contribution in [0, 0.1) is 0 Å². The molecule has 3 N–H and O–H groups in total. The van der Waals surface area contributed by atoms with Crippen LogP contribution in [0.1, 0.15) is 16.1 Å². The van der Waals surface area contributed by atoms with Gasteiger partial charge in [0.15, 0.2) is 9.84 Å². The van der Waals surface area contributed by atoms with Crippen LogP contribution in [0.25, 0.3) is 0 Å². The average Bonchev–Trinajstić information content (AvgIpc) is 2.44. The van der Waals surface area contributed by atoms with Crippen molar-refractivity contribution < 1.29 is 13.2 Å². The number of nitrogen functional groups attached to an aromatic ring is 1. The highest BCUT2D eigenvalue weighted by atomic mass is 32.2. The highest BCUT2D eigenvalue weighted by molar-refractivity contribution is 7.90. The standard InChI is InChI=1S/C14H15N3O3S/c1-21(19,20)11-7-5-10(6-8-11)9-16-14(18)12-3-2-4-13(15)17-12/h2-8H,9H2,1H3,(H2,15,17)(H,16,18). The maximum absolute atomic E-state index is 11.9. The van der Waals surface area contributed by atoms with Gasteiger partial charge in [-0.1, -0.05) is 18.2 Å². The lowest BCUT2D eigenvalue weighted by Crippen LogP contribution is -2.24. The van der Waals surface area contributed by atoms with Crippen molar-refractivity contribution in [1.29, 1.82) is 0 Å². The number of nitrogens with two attached hydrogens (primary N) is 1. The number of hydrogen-bond acceptors (Lipinski definition) is 5. The molecule has 0 unspecified atom stereocenters. The molecule has 0 aliphatic rings. The summed E-state index contributed by atoms with van der Waals surface area (Å²) in [7, 11) is -3.21. The fourth-order valence-electron chi connectivity index (χ4n) is 1.71. The SMILES string of the molecule is CS(=O)(=O)c1ccc(CNC(=O)c2cccc(N)n2)cc1. The Balaban J connectivity index is 2.02. The van der Waals surface area contributed by atoms with Crippen molar-refractivity contribution in [2.24, 2.45) is 0 Å². The summed E-state index contributed by atoms with van der Waals surface area (Å²) in [5, 5.41) is 2.69.